The molecule has 0 radical (unpaired) electrons. The maximum Gasteiger partial charge on any atom is 0.244 e. The molecular weight excluding hydrogens is 402 g/mol. The fourth-order valence-corrected chi connectivity index (χ4v) is 4.20. The van der Waals surface area contributed by atoms with Crippen LogP contribution < -0.4 is 5.32 Å². The lowest BCUT2D eigenvalue weighted by Gasteiger charge is -2.24. The van der Waals surface area contributed by atoms with Gasteiger partial charge in [-0.3, -0.25) is 9.59 Å². The monoisotopic (exact) mass is 431 g/mol. The number of carbonyl (C=O) groups is 2. The summed E-state index contributed by atoms with van der Waals surface area (Å²) in [5.74, 6) is 0.988. The van der Waals surface area contributed by atoms with E-state index >= 15 is 0 Å². The second kappa shape index (κ2) is 9.34. The third-order valence-corrected chi connectivity index (χ3v) is 5.94. The van der Waals surface area contributed by atoms with Crippen molar-refractivity contribution in [1.29, 1.82) is 0 Å². The number of rotatable bonds is 5. The van der Waals surface area contributed by atoms with Crippen LogP contribution in [-0.2, 0) is 22.6 Å². The normalized spacial score (nSPS) is 16.5. The van der Waals surface area contributed by atoms with Crippen LogP contribution in [0.3, 0.4) is 0 Å². The van der Waals surface area contributed by atoms with E-state index in [9.17, 15) is 9.59 Å². The van der Waals surface area contributed by atoms with E-state index in [4.69, 9.17) is 0 Å². The highest BCUT2D eigenvalue weighted by atomic mass is 16.2. The summed E-state index contributed by atoms with van der Waals surface area (Å²) in [5, 5.41) is 7.28. The summed E-state index contributed by atoms with van der Waals surface area (Å²) in [4.78, 5) is 31.9. The average molecular weight is 432 g/mol. The first-order chi connectivity index (χ1) is 15.4. The molecule has 2 heterocycles. The molecule has 166 valence electrons. The zero-order chi connectivity index (χ0) is 22.7. The molecule has 2 amide bonds. The minimum atomic E-state index is -0.313. The topological polar surface area (TPSA) is 80.1 Å². The first kappa shape index (κ1) is 21.7. The molecular formula is C25H29N5O2. The van der Waals surface area contributed by atoms with Crippen LogP contribution >= 0.6 is 0 Å². The van der Waals surface area contributed by atoms with E-state index in [2.05, 4.69) is 58.7 Å². The van der Waals surface area contributed by atoms with Crippen LogP contribution in [-0.4, -0.2) is 51.1 Å². The standard InChI is InChI=1S/C25H29N5O2/c1-17-8-10-20(11-9-17)23-7-5-4-6-21(23)14-22-15-29(13-12-26-25(22)32)24(31)16-30-19(3)27-18(2)28-30/h4-11,22H,12-16H2,1-3H3,(H,26,32)/t22-/m0/s1. The van der Waals surface area contributed by atoms with E-state index in [-0.39, 0.29) is 24.3 Å². The minimum absolute atomic E-state index is 0.00760. The third-order valence-electron chi connectivity index (χ3n) is 5.94. The second-order valence-corrected chi connectivity index (χ2v) is 8.42. The van der Waals surface area contributed by atoms with E-state index in [1.165, 1.54) is 5.56 Å². The number of carbonyl (C=O) groups excluding carboxylic acids is 2. The Bertz CT molecular complexity index is 1120. The van der Waals surface area contributed by atoms with Crippen LogP contribution in [0.4, 0.5) is 0 Å². The maximum absolute atomic E-state index is 13.0. The van der Waals surface area contributed by atoms with Crippen molar-refractivity contribution in [2.24, 2.45) is 5.92 Å². The average Bonchev–Trinajstić information content (AvgIpc) is 2.97. The molecule has 7 heteroatoms. The molecule has 1 atom stereocenters. The molecule has 0 aliphatic carbocycles. The molecule has 1 fully saturated rings. The SMILES string of the molecule is Cc1ccc(-c2ccccc2C[C@H]2CN(C(=O)Cn3nc(C)nc3C)CCNC2=O)cc1. The highest BCUT2D eigenvalue weighted by Gasteiger charge is 2.29. The lowest BCUT2D eigenvalue weighted by molar-refractivity contribution is -0.132. The first-order valence-electron chi connectivity index (χ1n) is 11.0. The summed E-state index contributed by atoms with van der Waals surface area (Å²) in [7, 11) is 0. The Morgan fingerprint density at radius 1 is 1.09 bits per heavy atom. The van der Waals surface area contributed by atoms with Gasteiger partial charge < -0.3 is 10.2 Å². The van der Waals surface area contributed by atoms with Gasteiger partial charge in [0.2, 0.25) is 11.8 Å². The molecule has 1 aromatic heterocycles. The zero-order valence-corrected chi connectivity index (χ0v) is 18.8. The van der Waals surface area contributed by atoms with Gasteiger partial charge >= 0.3 is 0 Å². The summed E-state index contributed by atoms with van der Waals surface area (Å²) < 4.78 is 1.62. The Balaban J connectivity index is 1.53. The van der Waals surface area contributed by atoms with Crippen LogP contribution in [0.25, 0.3) is 11.1 Å². The van der Waals surface area contributed by atoms with Crippen LogP contribution in [0.2, 0.25) is 0 Å². The molecule has 0 spiro atoms. The van der Waals surface area contributed by atoms with Gasteiger partial charge in [0.1, 0.15) is 18.2 Å². The fourth-order valence-electron chi connectivity index (χ4n) is 4.20. The summed E-state index contributed by atoms with van der Waals surface area (Å²) in [6.07, 6.45) is 0.571. The number of nitrogens with one attached hydrogen (secondary N) is 1. The lowest BCUT2D eigenvalue weighted by Crippen LogP contribution is -2.39. The number of benzene rings is 2. The van der Waals surface area contributed by atoms with Gasteiger partial charge in [-0.25, -0.2) is 9.67 Å². The summed E-state index contributed by atoms with van der Waals surface area (Å²) in [5.41, 5.74) is 4.57. The fraction of sp³-hybridized carbons (Fsp3) is 0.360. The molecule has 32 heavy (non-hydrogen) atoms. The largest absolute Gasteiger partial charge is 0.354 e. The number of nitrogens with zero attached hydrogens (tertiary/aromatic N) is 4. The molecule has 7 nitrogen and oxygen atoms in total. The highest BCUT2D eigenvalue weighted by molar-refractivity contribution is 5.82. The van der Waals surface area contributed by atoms with Crippen molar-refractivity contribution in [2.45, 2.75) is 33.7 Å². The highest BCUT2D eigenvalue weighted by Crippen LogP contribution is 2.27. The Morgan fingerprint density at radius 3 is 2.56 bits per heavy atom. The van der Waals surface area contributed by atoms with Gasteiger partial charge in [-0.05, 0) is 43.9 Å². The summed E-state index contributed by atoms with van der Waals surface area (Å²) >= 11 is 0. The molecule has 0 bridgehead atoms. The van der Waals surface area contributed by atoms with Gasteiger partial charge in [0.15, 0.2) is 0 Å². The number of hydrogen-bond donors (Lipinski definition) is 1. The maximum atomic E-state index is 13.0. The van der Waals surface area contributed by atoms with Crippen LogP contribution in [0.1, 0.15) is 22.8 Å². The predicted molar refractivity (Wildman–Crippen MR) is 123 cm³/mol. The molecule has 3 aromatic rings. The van der Waals surface area contributed by atoms with Crippen molar-refractivity contribution >= 4 is 11.8 Å². The Hall–Kier alpha value is -3.48. The Kier molecular flexibility index (Phi) is 6.35. The molecule has 1 N–H and O–H groups in total. The first-order valence-corrected chi connectivity index (χ1v) is 11.0. The van der Waals surface area contributed by atoms with Crippen LogP contribution in [0, 0.1) is 26.7 Å². The minimum Gasteiger partial charge on any atom is -0.354 e. The summed E-state index contributed by atoms with van der Waals surface area (Å²) in [6.45, 7) is 7.19. The van der Waals surface area contributed by atoms with Crippen molar-refractivity contribution in [3.05, 3.63) is 71.3 Å². The number of amides is 2. The Labute approximate surface area is 188 Å². The molecule has 1 aliphatic heterocycles. The van der Waals surface area contributed by atoms with Gasteiger partial charge in [-0.15, -0.1) is 0 Å². The number of aromatic nitrogens is 3. The smallest absolute Gasteiger partial charge is 0.244 e. The van der Waals surface area contributed by atoms with Crippen molar-refractivity contribution < 1.29 is 9.59 Å². The number of hydrogen-bond acceptors (Lipinski definition) is 4. The molecule has 0 saturated carbocycles. The molecule has 4 rings (SSSR count). The van der Waals surface area contributed by atoms with Crippen LogP contribution in [0.15, 0.2) is 48.5 Å². The summed E-state index contributed by atoms with van der Waals surface area (Å²) in [6, 6.07) is 16.6. The molecule has 1 aliphatic rings. The van der Waals surface area contributed by atoms with Crippen molar-refractivity contribution in [3.63, 3.8) is 0 Å². The predicted octanol–water partition coefficient (Wildman–Crippen LogP) is 2.69. The van der Waals surface area contributed by atoms with Gasteiger partial charge in [0.25, 0.3) is 0 Å². The lowest BCUT2D eigenvalue weighted by atomic mass is 9.91. The van der Waals surface area contributed by atoms with E-state index in [1.807, 2.05) is 26.0 Å². The molecule has 0 unspecified atom stereocenters. The van der Waals surface area contributed by atoms with Crippen molar-refractivity contribution in [1.82, 2.24) is 25.0 Å². The van der Waals surface area contributed by atoms with Crippen LogP contribution in [0.5, 0.6) is 0 Å². The van der Waals surface area contributed by atoms with E-state index in [0.29, 0.717) is 37.7 Å². The van der Waals surface area contributed by atoms with Gasteiger partial charge in [0, 0.05) is 19.6 Å². The van der Waals surface area contributed by atoms with Gasteiger partial charge in [0.05, 0.1) is 5.92 Å². The van der Waals surface area contributed by atoms with Crippen molar-refractivity contribution in [3.8, 4) is 11.1 Å². The zero-order valence-electron chi connectivity index (χ0n) is 18.8. The van der Waals surface area contributed by atoms with E-state index < -0.39 is 0 Å². The third kappa shape index (κ3) is 4.88. The molecule has 1 saturated heterocycles. The van der Waals surface area contributed by atoms with E-state index in [0.717, 1.165) is 16.7 Å². The number of aryl methyl sites for hydroxylation is 3. The van der Waals surface area contributed by atoms with E-state index in [1.54, 1.807) is 9.58 Å². The van der Waals surface area contributed by atoms with Gasteiger partial charge in [-0.1, -0.05) is 54.1 Å². The van der Waals surface area contributed by atoms with Crippen molar-refractivity contribution in [2.75, 3.05) is 19.6 Å². The second-order valence-electron chi connectivity index (χ2n) is 8.42. The quantitative estimate of drug-likeness (QED) is 0.674. The molecule has 2 aromatic carbocycles. The Morgan fingerprint density at radius 2 is 1.84 bits per heavy atom. The van der Waals surface area contributed by atoms with Gasteiger partial charge in [-0.2, -0.15) is 5.10 Å².